The Morgan fingerprint density at radius 1 is 1.20 bits per heavy atom. The van der Waals surface area contributed by atoms with Gasteiger partial charge in [0.2, 0.25) is 0 Å². The number of hydrogen-bond acceptors (Lipinski definition) is 4. The zero-order valence-corrected chi connectivity index (χ0v) is 15.4. The van der Waals surface area contributed by atoms with Crippen molar-refractivity contribution in [3.63, 3.8) is 0 Å². The van der Waals surface area contributed by atoms with Crippen LogP contribution in [0.2, 0.25) is 0 Å². The maximum Gasteiger partial charge on any atom is 0.328 e. The molecule has 4 saturated carbocycles. The van der Waals surface area contributed by atoms with Crippen LogP contribution in [0.5, 0.6) is 0 Å². The van der Waals surface area contributed by atoms with Gasteiger partial charge in [-0.2, -0.15) is 0 Å². The summed E-state index contributed by atoms with van der Waals surface area (Å²) in [5.74, 6) is 2.97. The molecule has 4 atom stereocenters. The van der Waals surface area contributed by atoms with E-state index in [-0.39, 0.29) is 18.1 Å². The van der Waals surface area contributed by atoms with E-state index in [1.54, 1.807) is 0 Å². The minimum atomic E-state index is -0.355. The molecule has 136 valence electrons. The predicted molar refractivity (Wildman–Crippen MR) is 98.0 cm³/mol. The quantitative estimate of drug-likeness (QED) is 0.701. The maximum atomic E-state index is 12.9. The van der Waals surface area contributed by atoms with E-state index in [2.05, 4.69) is 24.1 Å². The summed E-state index contributed by atoms with van der Waals surface area (Å²) in [6.07, 6.45) is 2.77. The topological polar surface area (TPSA) is 41.6 Å². The molecule has 0 aliphatic heterocycles. The van der Waals surface area contributed by atoms with E-state index < -0.39 is 0 Å². The van der Waals surface area contributed by atoms with Gasteiger partial charge in [-0.1, -0.05) is 44.2 Å². The fourth-order valence-electron chi connectivity index (χ4n) is 5.27. The Kier molecular flexibility index (Phi) is 4.83. The molecule has 0 heterocycles. The highest BCUT2D eigenvalue weighted by molar-refractivity contribution is 5.78. The highest BCUT2D eigenvalue weighted by atomic mass is 16.5. The lowest BCUT2D eigenvalue weighted by atomic mass is 10.1. The highest BCUT2D eigenvalue weighted by Gasteiger charge is 2.70. The average molecular weight is 342 g/mol. The van der Waals surface area contributed by atoms with Crippen molar-refractivity contribution in [1.29, 1.82) is 0 Å². The molecule has 25 heavy (non-hydrogen) atoms. The van der Waals surface area contributed by atoms with E-state index in [0.717, 1.165) is 43.6 Å². The lowest BCUT2D eigenvalue weighted by molar-refractivity contribution is -0.153. The zero-order valence-electron chi connectivity index (χ0n) is 15.4. The van der Waals surface area contributed by atoms with Gasteiger partial charge in [0.25, 0.3) is 0 Å². The molecule has 4 aliphatic carbocycles. The van der Waals surface area contributed by atoms with Crippen LogP contribution in [0.25, 0.3) is 0 Å². The Bertz CT molecular complexity index is 587. The third-order valence-corrected chi connectivity index (χ3v) is 6.68. The van der Waals surface area contributed by atoms with Gasteiger partial charge in [0, 0.05) is 19.0 Å². The second-order valence-electron chi connectivity index (χ2n) is 7.86. The first-order chi connectivity index (χ1) is 12.2. The van der Waals surface area contributed by atoms with Crippen LogP contribution in [-0.2, 0) is 9.53 Å². The molecular formula is C21H30N2O2. The molecule has 0 saturated heterocycles. The molecule has 4 unspecified atom stereocenters. The number of ether oxygens (including phenoxy) is 1. The Balaban J connectivity index is 1.39. The van der Waals surface area contributed by atoms with Gasteiger partial charge in [-0.25, -0.2) is 4.79 Å². The molecular weight excluding hydrogens is 312 g/mol. The minimum Gasteiger partial charge on any atom is -0.460 e. The van der Waals surface area contributed by atoms with Gasteiger partial charge in [0.05, 0.1) is 0 Å². The lowest BCUT2D eigenvalue weighted by Gasteiger charge is -2.24. The minimum absolute atomic E-state index is 0.0889. The van der Waals surface area contributed by atoms with Crippen LogP contribution in [0.4, 0.5) is 0 Å². The van der Waals surface area contributed by atoms with Gasteiger partial charge >= 0.3 is 5.97 Å². The van der Waals surface area contributed by atoms with Gasteiger partial charge in [-0.15, -0.1) is 0 Å². The molecule has 0 radical (unpaired) electrons. The SMILES string of the molecule is CCN(CC)CCNC(C(=O)OC1C2CC3C(C2)C31)c1ccccc1. The normalized spacial score (nSPS) is 32.8. The second-order valence-corrected chi connectivity index (χ2v) is 7.86. The molecule has 1 aromatic rings. The molecule has 4 fully saturated rings. The second kappa shape index (κ2) is 7.08. The molecule has 1 N–H and O–H groups in total. The average Bonchev–Trinajstić information content (AvgIpc) is 2.97. The number of nitrogens with zero attached hydrogens (tertiary/aromatic N) is 1. The van der Waals surface area contributed by atoms with Crippen molar-refractivity contribution in [1.82, 2.24) is 10.2 Å². The standard InChI is InChI=1S/C21H30N2O2/c1-3-23(4-2)11-10-22-19(14-8-6-5-7-9-14)21(24)25-20-15-12-16-17(13-15)18(16)20/h5-9,15-20,22H,3-4,10-13H2,1-2H3. The first-order valence-corrected chi connectivity index (χ1v) is 9.94. The summed E-state index contributed by atoms with van der Waals surface area (Å²) >= 11 is 0. The number of nitrogens with one attached hydrogen (secondary N) is 1. The van der Waals surface area contributed by atoms with E-state index >= 15 is 0 Å². The molecule has 0 aromatic heterocycles. The largest absolute Gasteiger partial charge is 0.460 e. The van der Waals surface area contributed by atoms with Crippen molar-refractivity contribution < 1.29 is 9.53 Å². The number of rotatable bonds is 9. The maximum absolute atomic E-state index is 12.9. The van der Waals surface area contributed by atoms with E-state index in [9.17, 15) is 4.79 Å². The third kappa shape index (κ3) is 3.22. The van der Waals surface area contributed by atoms with Gasteiger partial charge in [0.15, 0.2) is 0 Å². The summed E-state index contributed by atoms with van der Waals surface area (Å²) in [6.45, 7) is 8.15. The number of likely N-dealkylation sites (N-methyl/N-ethyl adjacent to an activating group) is 1. The Labute approximate surface area is 150 Å². The number of hydrogen-bond donors (Lipinski definition) is 1. The number of benzene rings is 1. The lowest BCUT2D eigenvalue weighted by Crippen LogP contribution is -2.38. The van der Waals surface area contributed by atoms with Crippen molar-refractivity contribution in [3.05, 3.63) is 35.9 Å². The Morgan fingerprint density at radius 2 is 1.88 bits per heavy atom. The van der Waals surface area contributed by atoms with Crippen LogP contribution in [0.1, 0.15) is 38.3 Å². The number of esters is 1. The predicted octanol–water partition coefficient (Wildman–Crippen LogP) is 2.86. The van der Waals surface area contributed by atoms with Crippen LogP contribution < -0.4 is 5.32 Å². The molecule has 1 aromatic carbocycles. The number of carbonyl (C=O) groups excluding carboxylic acids is 1. The zero-order chi connectivity index (χ0) is 17.4. The summed E-state index contributed by atoms with van der Waals surface area (Å²) in [6, 6.07) is 9.65. The molecule has 0 spiro atoms. The van der Waals surface area contributed by atoms with Crippen LogP contribution in [0.3, 0.4) is 0 Å². The smallest absolute Gasteiger partial charge is 0.328 e. The summed E-state index contributed by atoms with van der Waals surface area (Å²) in [7, 11) is 0. The van der Waals surface area contributed by atoms with Crippen LogP contribution in [0.15, 0.2) is 30.3 Å². The van der Waals surface area contributed by atoms with E-state index in [1.807, 2.05) is 30.3 Å². The number of carbonyl (C=O) groups is 1. The highest BCUT2D eigenvalue weighted by Crippen LogP contribution is 2.71. The van der Waals surface area contributed by atoms with Crippen molar-refractivity contribution in [2.45, 2.75) is 38.8 Å². The van der Waals surface area contributed by atoms with E-state index in [0.29, 0.717) is 11.8 Å². The van der Waals surface area contributed by atoms with Gasteiger partial charge in [-0.3, -0.25) is 5.32 Å². The van der Waals surface area contributed by atoms with Gasteiger partial charge in [0.1, 0.15) is 12.1 Å². The first-order valence-electron chi connectivity index (χ1n) is 9.94. The molecule has 4 bridgehead atoms. The van der Waals surface area contributed by atoms with E-state index in [4.69, 9.17) is 4.74 Å². The van der Waals surface area contributed by atoms with Crippen molar-refractivity contribution in [2.75, 3.05) is 26.2 Å². The monoisotopic (exact) mass is 342 g/mol. The van der Waals surface area contributed by atoms with Gasteiger partial charge < -0.3 is 9.64 Å². The fourth-order valence-corrected chi connectivity index (χ4v) is 5.27. The summed E-state index contributed by atoms with van der Waals surface area (Å²) in [4.78, 5) is 15.3. The van der Waals surface area contributed by atoms with Crippen molar-refractivity contribution >= 4 is 5.97 Å². The fraction of sp³-hybridized carbons (Fsp3) is 0.667. The van der Waals surface area contributed by atoms with E-state index in [1.165, 1.54) is 12.8 Å². The summed E-state index contributed by atoms with van der Waals surface area (Å²) in [5, 5.41) is 3.45. The molecule has 0 amide bonds. The van der Waals surface area contributed by atoms with Crippen molar-refractivity contribution in [2.24, 2.45) is 23.7 Å². The summed E-state index contributed by atoms with van der Waals surface area (Å²) in [5.41, 5.74) is 1.00. The molecule has 5 rings (SSSR count). The molecule has 4 aliphatic rings. The van der Waals surface area contributed by atoms with Crippen LogP contribution in [-0.4, -0.2) is 43.2 Å². The van der Waals surface area contributed by atoms with Gasteiger partial charge in [-0.05, 0) is 49.2 Å². The molecule has 4 heteroatoms. The Hall–Kier alpha value is -1.39. The van der Waals surface area contributed by atoms with Crippen LogP contribution in [0, 0.1) is 23.7 Å². The Morgan fingerprint density at radius 3 is 2.44 bits per heavy atom. The third-order valence-electron chi connectivity index (χ3n) is 6.68. The first kappa shape index (κ1) is 17.0. The van der Waals surface area contributed by atoms with Crippen molar-refractivity contribution in [3.8, 4) is 0 Å². The molecule has 4 nitrogen and oxygen atoms in total. The summed E-state index contributed by atoms with van der Waals surface area (Å²) < 4.78 is 6.03. The van der Waals surface area contributed by atoms with Crippen LogP contribution >= 0.6 is 0 Å².